The van der Waals surface area contributed by atoms with E-state index in [2.05, 4.69) is 24.5 Å². The van der Waals surface area contributed by atoms with E-state index in [1.807, 2.05) is 24.3 Å². The molecule has 4 heteroatoms. The minimum atomic E-state index is -0.0228. The number of carbonyl (C=O) groups is 2. The molecule has 0 bridgehead atoms. The fourth-order valence-electron chi connectivity index (χ4n) is 3.11. The summed E-state index contributed by atoms with van der Waals surface area (Å²) >= 11 is 0. The topological polar surface area (TPSA) is 58.2 Å². The molecule has 0 saturated carbocycles. The van der Waals surface area contributed by atoms with Crippen molar-refractivity contribution >= 4 is 11.7 Å². The molecule has 1 unspecified atom stereocenters. The van der Waals surface area contributed by atoms with Crippen LogP contribution in [0.1, 0.15) is 55.5 Å². The Bertz CT molecular complexity index is 531. The maximum atomic E-state index is 12.2. The summed E-state index contributed by atoms with van der Waals surface area (Å²) in [5, 5.41) is 6.30. The van der Waals surface area contributed by atoms with Gasteiger partial charge in [-0.05, 0) is 49.8 Å². The number of carbonyl (C=O) groups excluding carboxylic acids is 2. The summed E-state index contributed by atoms with van der Waals surface area (Å²) in [6.07, 6.45) is 3.90. The van der Waals surface area contributed by atoms with Crippen molar-refractivity contribution in [2.75, 3.05) is 19.6 Å². The van der Waals surface area contributed by atoms with E-state index in [9.17, 15) is 9.59 Å². The molecule has 0 radical (unpaired) electrons. The molecule has 0 spiro atoms. The Morgan fingerprint density at radius 3 is 2.58 bits per heavy atom. The van der Waals surface area contributed by atoms with Crippen LogP contribution in [-0.4, -0.2) is 31.3 Å². The molecule has 2 rings (SSSR count). The molecule has 0 aromatic heterocycles. The van der Waals surface area contributed by atoms with E-state index in [1.54, 1.807) is 0 Å². The van der Waals surface area contributed by atoms with Gasteiger partial charge in [0.05, 0.1) is 0 Å². The molecular weight excluding hydrogens is 300 g/mol. The van der Waals surface area contributed by atoms with Gasteiger partial charge in [-0.3, -0.25) is 9.59 Å². The van der Waals surface area contributed by atoms with Gasteiger partial charge in [0.25, 0.3) is 0 Å². The fourth-order valence-corrected chi connectivity index (χ4v) is 3.11. The van der Waals surface area contributed by atoms with Crippen molar-refractivity contribution in [2.45, 2.75) is 46.0 Å². The van der Waals surface area contributed by atoms with Gasteiger partial charge in [-0.2, -0.15) is 0 Å². The smallest absolute Gasteiger partial charge is 0.220 e. The van der Waals surface area contributed by atoms with Crippen LogP contribution >= 0.6 is 0 Å². The van der Waals surface area contributed by atoms with Crippen LogP contribution in [-0.2, 0) is 11.2 Å². The highest BCUT2D eigenvalue weighted by Gasteiger charge is 2.14. The number of nitrogens with one attached hydrogen (secondary N) is 2. The predicted molar refractivity (Wildman–Crippen MR) is 97.2 cm³/mol. The Hall–Kier alpha value is -1.68. The summed E-state index contributed by atoms with van der Waals surface area (Å²) in [5.41, 5.74) is 1.95. The molecule has 1 atom stereocenters. The van der Waals surface area contributed by atoms with Crippen LogP contribution in [0.15, 0.2) is 24.3 Å². The van der Waals surface area contributed by atoms with Crippen LogP contribution in [0, 0.1) is 11.8 Å². The average Bonchev–Trinajstić information content (AvgIpc) is 2.59. The molecule has 2 N–H and O–H groups in total. The summed E-state index contributed by atoms with van der Waals surface area (Å²) in [6.45, 7) is 7.13. The van der Waals surface area contributed by atoms with Crippen LogP contribution in [0.3, 0.4) is 0 Å². The highest BCUT2D eigenvalue weighted by molar-refractivity contribution is 5.97. The van der Waals surface area contributed by atoms with Gasteiger partial charge in [0.15, 0.2) is 5.78 Å². The van der Waals surface area contributed by atoms with E-state index in [4.69, 9.17) is 0 Å². The largest absolute Gasteiger partial charge is 0.356 e. The zero-order chi connectivity index (χ0) is 17.4. The molecule has 4 nitrogen and oxygen atoms in total. The van der Waals surface area contributed by atoms with Crippen molar-refractivity contribution in [3.63, 3.8) is 0 Å². The van der Waals surface area contributed by atoms with Gasteiger partial charge in [-0.15, -0.1) is 0 Å². The SMILES string of the molecule is CC(C)Cc1ccc(C(=O)CCC(=O)NCC2CCCNC2)cc1. The lowest BCUT2D eigenvalue weighted by atomic mass is 9.99. The Labute approximate surface area is 145 Å². The first-order valence-electron chi connectivity index (χ1n) is 9.14. The number of Topliss-reactive ketones (excluding diaryl/α,β-unsaturated/α-hetero) is 1. The second-order valence-electron chi connectivity index (χ2n) is 7.23. The fraction of sp³-hybridized carbons (Fsp3) is 0.600. The third-order valence-corrected chi connectivity index (χ3v) is 4.49. The first-order chi connectivity index (χ1) is 11.5. The minimum absolute atomic E-state index is 0.0228. The number of benzene rings is 1. The van der Waals surface area contributed by atoms with Gasteiger partial charge in [0, 0.05) is 24.9 Å². The number of hydrogen-bond acceptors (Lipinski definition) is 3. The van der Waals surface area contributed by atoms with Gasteiger partial charge in [-0.1, -0.05) is 38.1 Å². The van der Waals surface area contributed by atoms with Gasteiger partial charge < -0.3 is 10.6 Å². The van der Waals surface area contributed by atoms with Gasteiger partial charge in [-0.25, -0.2) is 0 Å². The summed E-state index contributed by atoms with van der Waals surface area (Å²) in [6, 6.07) is 7.80. The van der Waals surface area contributed by atoms with E-state index >= 15 is 0 Å². The van der Waals surface area contributed by atoms with Gasteiger partial charge >= 0.3 is 0 Å². The third-order valence-electron chi connectivity index (χ3n) is 4.49. The molecule has 132 valence electrons. The van der Waals surface area contributed by atoms with Crippen molar-refractivity contribution in [2.24, 2.45) is 11.8 Å². The second kappa shape index (κ2) is 9.58. The molecule has 1 aliphatic heterocycles. The van der Waals surface area contributed by atoms with Crippen LogP contribution < -0.4 is 10.6 Å². The zero-order valence-corrected chi connectivity index (χ0v) is 14.9. The molecule has 1 aliphatic rings. The summed E-state index contributed by atoms with van der Waals surface area (Å²) in [4.78, 5) is 24.1. The standard InChI is InChI=1S/C20H30N2O2/c1-15(2)12-16-5-7-18(8-6-16)19(23)9-10-20(24)22-14-17-4-3-11-21-13-17/h5-8,15,17,21H,3-4,9-14H2,1-2H3,(H,22,24). The number of amides is 1. The Balaban J connectivity index is 1.70. The number of piperidine rings is 1. The van der Waals surface area contributed by atoms with Gasteiger partial charge in [0.2, 0.25) is 5.91 Å². The van der Waals surface area contributed by atoms with Crippen LogP contribution in [0.4, 0.5) is 0 Å². The van der Waals surface area contributed by atoms with E-state index in [1.165, 1.54) is 12.0 Å². The van der Waals surface area contributed by atoms with E-state index in [0.29, 0.717) is 23.9 Å². The summed E-state index contributed by atoms with van der Waals surface area (Å²) < 4.78 is 0. The summed E-state index contributed by atoms with van der Waals surface area (Å²) in [5.74, 6) is 1.15. The minimum Gasteiger partial charge on any atom is -0.356 e. The number of hydrogen-bond donors (Lipinski definition) is 2. The Kier molecular flexibility index (Phi) is 7.44. The first kappa shape index (κ1) is 18.7. The molecule has 0 aliphatic carbocycles. The average molecular weight is 330 g/mol. The normalized spacial score (nSPS) is 17.7. The van der Waals surface area contributed by atoms with Crippen LogP contribution in [0.25, 0.3) is 0 Å². The van der Waals surface area contributed by atoms with Crippen molar-refractivity contribution in [1.29, 1.82) is 0 Å². The Morgan fingerprint density at radius 1 is 1.21 bits per heavy atom. The van der Waals surface area contributed by atoms with Crippen molar-refractivity contribution < 1.29 is 9.59 Å². The number of ketones is 1. The maximum Gasteiger partial charge on any atom is 0.220 e. The van der Waals surface area contributed by atoms with E-state index < -0.39 is 0 Å². The molecule has 24 heavy (non-hydrogen) atoms. The lowest BCUT2D eigenvalue weighted by Gasteiger charge is -2.22. The van der Waals surface area contributed by atoms with Crippen LogP contribution in [0.2, 0.25) is 0 Å². The lowest BCUT2D eigenvalue weighted by Crippen LogP contribution is -2.38. The predicted octanol–water partition coefficient (Wildman–Crippen LogP) is 2.96. The summed E-state index contributed by atoms with van der Waals surface area (Å²) in [7, 11) is 0. The molecule has 1 fully saturated rings. The van der Waals surface area contributed by atoms with Crippen molar-refractivity contribution in [3.05, 3.63) is 35.4 Å². The third kappa shape index (κ3) is 6.44. The van der Waals surface area contributed by atoms with Crippen molar-refractivity contribution in [1.82, 2.24) is 10.6 Å². The first-order valence-corrected chi connectivity index (χ1v) is 9.14. The lowest BCUT2D eigenvalue weighted by molar-refractivity contribution is -0.121. The van der Waals surface area contributed by atoms with E-state index in [0.717, 1.165) is 25.9 Å². The molecular formula is C20H30N2O2. The number of rotatable bonds is 8. The second-order valence-corrected chi connectivity index (χ2v) is 7.23. The van der Waals surface area contributed by atoms with E-state index in [-0.39, 0.29) is 24.5 Å². The highest BCUT2D eigenvalue weighted by Crippen LogP contribution is 2.12. The highest BCUT2D eigenvalue weighted by atomic mass is 16.2. The molecule has 1 aromatic rings. The zero-order valence-electron chi connectivity index (χ0n) is 14.9. The quantitative estimate of drug-likeness (QED) is 0.721. The monoisotopic (exact) mass is 330 g/mol. The van der Waals surface area contributed by atoms with Gasteiger partial charge in [0.1, 0.15) is 0 Å². The molecule has 1 heterocycles. The maximum absolute atomic E-state index is 12.2. The van der Waals surface area contributed by atoms with Crippen LogP contribution in [0.5, 0.6) is 0 Å². The molecule has 1 saturated heterocycles. The Morgan fingerprint density at radius 2 is 1.96 bits per heavy atom. The molecule has 1 aromatic carbocycles. The van der Waals surface area contributed by atoms with Crippen molar-refractivity contribution in [3.8, 4) is 0 Å². The molecule has 1 amide bonds.